The van der Waals surface area contributed by atoms with Crippen molar-refractivity contribution in [2.24, 2.45) is 0 Å². The molecule has 1 N–H and O–H groups in total. The van der Waals surface area contributed by atoms with E-state index in [2.05, 4.69) is 0 Å². The molecule has 0 aliphatic carbocycles. The van der Waals surface area contributed by atoms with Crippen LogP contribution in [-0.2, 0) is 9.53 Å². The monoisotopic (exact) mass is 283 g/mol. The highest BCUT2D eigenvalue weighted by atomic mass is 16.6. The first kappa shape index (κ1) is 15.9. The molecule has 20 heavy (non-hydrogen) atoms. The summed E-state index contributed by atoms with van der Waals surface area (Å²) in [5.74, 6) is -0.535. The van der Waals surface area contributed by atoms with E-state index in [-0.39, 0.29) is 18.7 Å². The molecule has 0 fully saturated rings. The quantitative estimate of drug-likeness (QED) is 0.579. The van der Waals surface area contributed by atoms with Crippen molar-refractivity contribution in [1.82, 2.24) is 0 Å². The lowest BCUT2D eigenvalue weighted by Gasteiger charge is -2.13. The van der Waals surface area contributed by atoms with Crippen LogP contribution >= 0.6 is 0 Å². The zero-order valence-electron chi connectivity index (χ0n) is 11.4. The fraction of sp³-hybridized carbons (Fsp3) is 0.462. The average Bonchev–Trinajstić information content (AvgIpc) is 2.39. The minimum absolute atomic E-state index is 0.00687. The van der Waals surface area contributed by atoms with Crippen LogP contribution in [0, 0.1) is 17.0 Å². The average molecular weight is 283 g/mol. The Kier molecular flexibility index (Phi) is 5.92. The molecule has 0 aliphatic heterocycles. The minimum atomic E-state index is -1.03. The minimum Gasteiger partial charge on any atom is -0.493 e. The third kappa shape index (κ3) is 4.51. The van der Waals surface area contributed by atoms with Gasteiger partial charge in [-0.3, -0.25) is 10.1 Å². The molecule has 0 saturated heterocycles. The molecule has 0 heterocycles. The van der Waals surface area contributed by atoms with Crippen LogP contribution in [0.15, 0.2) is 18.2 Å². The van der Waals surface area contributed by atoms with E-state index in [0.29, 0.717) is 17.9 Å². The number of rotatable bonds is 8. The summed E-state index contributed by atoms with van der Waals surface area (Å²) in [6, 6.07) is 4.26. The molecule has 0 radical (unpaired) electrons. The van der Waals surface area contributed by atoms with Crippen molar-refractivity contribution in [3.8, 4) is 5.75 Å². The van der Waals surface area contributed by atoms with E-state index < -0.39 is 17.0 Å². The molecular formula is C13H17NO6. The second kappa shape index (κ2) is 7.44. The Labute approximate surface area is 116 Å². The van der Waals surface area contributed by atoms with Gasteiger partial charge in [-0.15, -0.1) is 0 Å². The van der Waals surface area contributed by atoms with E-state index in [1.165, 1.54) is 18.2 Å². The Morgan fingerprint density at radius 3 is 2.70 bits per heavy atom. The maximum atomic E-state index is 10.9. The predicted molar refractivity (Wildman–Crippen MR) is 71.0 cm³/mol. The number of carbonyl (C=O) groups is 1. The maximum Gasteiger partial charge on any atom is 0.332 e. The van der Waals surface area contributed by atoms with E-state index in [1.807, 2.05) is 0 Å². The lowest BCUT2D eigenvalue weighted by atomic mass is 10.2. The second-order valence-electron chi connectivity index (χ2n) is 4.13. The Morgan fingerprint density at radius 2 is 2.20 bits per heavy atom. The van der Waals surface area contributed by atoms with Gasteiger partial charge in [-0.2, -0.15) is 0 Å². The second-order valence-corrected chi connectivity index (χ2v) is 4.13. The zero-order valence-corrected chi connectivity index (χ0v) is 11.4. The summed E-state index contributed by atoms with van der Waals surface area (Å²) in [5.41, 5.74) is 0.620. The summed E-state index contributed by atoms with van der Waals surface area (Å²) >= 11 is 0. The fourth-order valence-corrected chi connectivity index (χ4v) is 1.66. The van der Waals surface area contributed by atoms with Gasteiger partial charge in [0.05, 0.1) is 11.5 Å². The molecule has 7 heteroatoms. The van der Waals surface area contributed by atoms with Crippen molar-refractivity contribution in [2.45, 2.75) is 26.4 Å². The Balaban J connectivity index is 2.57. The normalized spacial score (nSPS) is 11.9. The topological polar surface area (TPSA) is 98.9 Å². The van der Waals surface area contributed by atoms with E-state index in [4.69, 9.17) is 14.6 Å². The lowest BCUT2D eigenvalue weighted by Crippen LogP contribution is -2.26. The van der Waals surface area contributed by atoms with Crippen molar-refractivity contribution in [1.29, 1.82) is 0 Å². The smallest absolute Gasteiger partial charge is 0.332 e. The summed E-state index contributed by atoms with van der Waals surface area (Å²) in [7, 11) is 0. The number of non-ortho nitro benzene ring substituents is 1. The molecule has 1 atom stereocenters. The van der Waals surface area contributed by atoms with Crippen LogP contribution < -0.4 is 4.74 Å². The van der Waals surface area contributed by atoms with Gasteiger partial charge in [0, 0.05) is 25.2 Å². The predicted octanol–water partition coefficient (Wildman–Crippen LogP) is 2.16. The molecule has 0 spiro atoms. The standard InChI is InChI=1S/C13H17NO6/c1-3-19-12(13(15)16)6-7-20-11-5-4-10(14(17)18)8-9(11)2/h4-5,8,12H,3,6-7H2,1-2H3,(H,15,16). The number of aliphatic carboxylic acids is 1. The zero-order chi connectivity index (χ0) is 15.1. The molecule has 110 valence electrons. The number of nitrogens with zero attached hydrogens (tertiary/aromatic N) is 1. The van der Waals surface area contributed by atoms with Gasteiger partial charge in [-0.25, -0.2) is 4.79 Å². The number of hydrogen-bond acceptors (Lipinski definition) is 5. The van der Waals surface area contributed by atoms with E-state index in [9.17, 15) is 14.9 Å². The van der Waals surface area contributed by atoms with Gasteiger partial charge in [0.25, 0.3) is 5.69 Å². The van der Waals surface area contributed by atoms with Crippen LogP contribution in [0.5, 0.6) is 5.75 Å². The number of ether oxygens (including phenoxy) is 2. The molecule has 1 rings (SSSR count). The van der Waals surface area contributed by atoms with Crippen LogP contribution in [0.3, 0.4) is 0 Å². The first-order valence-corrected chi connectivity index (χ1v) is 6.18. The third-order valence-electron chi connectivity index (χ3n) is 2.65. The van der Waals surface area contributed by atoms with Gasteiger partial charge in [0.15, 0.2) is 6.10 Å². The van der Waals surface area contributed by atoms with E-state index >= 15 is 0 Å². The number of aryl methyl sites for hydroxylation is 1. The molecule has 0 bridgehead atoms. The Morgan fingerprint density at radius 1 is 1.50 bits per heavy atom. The largest absolute Gasteiger partial charge is 0.493 e. The van der Waals surface area contributed by atoms with Crippen molar-refractivity contribution in [3.05, 3.63) is 33.9 Å². The Bertz CT molecular complexity index is 488. The van der Waals surface area contributed by atoms with Gasteiger partial charge >= 0.3 is 5.97 Å². The highest BCUT2D eigenvalue weighted by molar-refractivity contribution is 5.72. The van der Waals surface area contributed by atoms with Crippen LogP contribution in [-0.4, -0.2) is 35.3 Å². The number of nitro groups is 1. The number of benzene rings is 1. The SMILES string of the molecule is CCOC(CCOc1ccc([N+](=O)[O-])cc1C)C(=O)O. The van der Waals surface area contributed by atoms with Gasteiger partial charge < -0.3 is 14.6 Å². The molecular weight excluding hydrogens is 266 g/mol. The highest BCUT2D eigenvalue weighted by Gasteiger charge is 2.17. The Hall–Kier alpha value is -2.15. The molecule has 0 amide bonds. The van der Waals surface area contributed by atoms with Crippen molar-refractivity contribution in [2.75, 3.05) is 13.2 Å². The maximum absolute atomic E-state index is 10.9. The summed E-state index contributed by atoms with van der Waals surface area (Å²) in [4.78, 5) is 21.0. The highest BCUT2D eigenvalue weighted by Crippen LogP contribution is 2.23. The number of nitro benzene ring substituents is 1. The van der Waals surface area contributed by atoms with Crippen LogP contribution in [0.2, 0.25) is 0 Å². The summed E-state index contributed by atoms with van der Waals surface area (Å²) in [6.07, 6.45) is -0.696. The summed E-state index contributed by atoms with van der Waals surface area (Å²) in [5, 5.41) is 19.5. The number of carboxylic acid groups (broad SMARTS) is 1. The summed E-state index contributed by atoms with van der Waals surface area (Å²) in [6.45, 7) is 3.89. The van der Waals surface area contributed by atoms with E-state index in [0.717, 1.165) is 0 Å². The van der Waals surface area contributed by atoms with Crippen LogP contribution in [0.1, 0.15) is 18.9 Å². The molecule has 1 aromatic carbocycles. The molecule has 7 nitrogen and oxygen atoms in total. The van der Waals surface area contributed by atoms with Crippen LogP contribution in [0.4, 0.5) is 5.69 Å². The fourth-order valence-electron chi connectivity index (χ4n) is 1.66. The van der Waals surface area contributed by atoms with Gasteiger partial charge in [0.1, 0.15) is 5.75 Å². The third-order valence-corrected chi connectivity index (χ3v) is 2.65. The van der Waals surface area contributed by atoms with Crippen LogP contribution in [0.25, 0.3) is 0 Å². The molecule has 0 aromatic heterocycles. The number of hydrogen-bond donors (Lipinski definition) is 1. The van der Waals surface area contributed by atoms with E-state index in [1.54, 1.807) is 13.8 Å². The van der Waals surface area contributed by atoms with Gasteiger partial charge in [0.2, 0.25) is 0 Å². The van der Waals surface area contributed by atoms with Crippen molar-refractivity contribution < 1.29 is 24.3 Å². The van der Waals surface area contributed by atoms with Gasteiger partial charge in [-0.1, -0.05) is 0 Å². The molecule has 0 aliphatic rings. The lowest BCUT2D eigenvalue weighted by molar-refractivity contribution is -0.384. The molecule has 1 unspecified atom stereocenters. The number of carboxylic acids is 1. The first-order valence-electron chi connectivity index (χ1n) is 6.18. The van der Waals surface area contributed by atoms with Gasteiger partial charge in [-0.05, 0) is 25.5 Å². The first-order chi connectivity index (χ1) is 9.45. The summed E-state index contributed by atoms with van der Waals surface area (Å²) < 4.78 is 10.5. The molecule has 1 aromatic rings. The molecule has 0 saturated carbocycles. The van der Waals surface area contributed by atoms with Crippen molar-refractivity contribution in [3.63, 3.8) is 0 Å². The van der Waals surface area contributed by atoms with Crippen molar-refractivity contribution >= 4 is 11.7 Å².